The van der Waals surface area contributed by atoms with Crippen molar-refractivity contribution in [3.05, 3.63) is 42.1 Å². The molecule has 1 aliphatic carbocycles. The molecule has 182 valence electrons. The average molecular weight is 470 g/mol. The van der Waals surface area contributed by atoms with E-state index in [1.54, 1.807) is 12.1 Å². The number of anilines is 1. The molecule has 1 saturated heterocycles. The Morgan fingerprint density at radius 3 is 2.79 bits per heavy atom. The number of allylic oxidation sites excluding steroid dienone is 1. The lowest BCUT2D eigenvalue weighted by molar-refractivity contribution is -0.257. The van der Waals surface area contributed by atoms with Crippen LogP contribution in [0.4, 0.5) is 10.5 Å². The first kappa shape index (κ1) is 23.8. The van der Waals surface area contributed by atoms with Crippen LogP contribution in [0.5, 0.6) is 0 Å². The Morgan fingerprint density at radius 1 is 1.32 bits per heavy atom. The predicted molar refractivity (Wildman–Crippen MR) is 126 cm³/mol. The van der Waals surface area contributed by atoms with Crippen molar-refractivity contribution in [2.24, 2.45) is 5.92 Å². The summed E-state index contributed by atoms with van der Waals surface area (Å²) in [6.45, 7) is 8.94. The molecule has 1 aliphatic heterocycles. The molecule has 9 nitrogen and oxygen atoms in total. The van der Waals surface area contributed by atoms with E-state index in [9.17, 15) is 14.4 Å². The number of hydrogen-bond acceptors (Lipinski definition) is 7. The van der Waals surface area contributed by atoms with E-state index < -0.39 is 30.2 Å². The van der Waals surface area contributed by atoms with Crippen LogP contribution in [-0.4, -0.2) is 42.2 Å². The molecule has 2 aromatic rings. The Morgan fingerprint density at radius 2 is 2.09 bits per heavy atom. The third-order valence-electron chi connectivity index (χ3n) is 5.95. The molecule has 4 rings (SSSR count). The average Bonchev–Trinajstić information content (AvgIpc) is 3.13. The number of fused-ring (bicyclic) bond motifs is 4. The molecule has 1 atom stereocenters. The monoisotopic (exact) mass is 469 g/mol. The van der Waals surface area contributed by atoms with Crippen molar-refractivity contribution in [2.45, 2.75) is 57.8 Å². The van der Waals surface area contributed by atoms with E-state index in [-0.39, 0.29) is 6.04 Å². The minimum atomic E-state index is -1.49. The summed E-state index contributed by atoms with van der Waals surface area (Å²) in [4.78, 5) is 39.9. The summed E-state index contributed by atoms with van der Waals surface area (Å²) in [6, 6.07) is 5.37. The lowest BCUT2D eigenvalue weighted by atomic mass is 9.86. The van der Waals surface area contributed by atoms with Crippen LogP contribution in [0.1, 0.15) is 50.8 Å². The molecule has 2 heterocycles. The normalized spacial score (nSPS) is 19.0. The third-order valence-corrected chi connectivity index (χ3v) is 5.95. The number of unbranched alkanes of at least 4 members (excludes halogenated alkanes) is 1. The summed E-state index contributed by atoms with van der Waals surface area (Å²) >= 11 is 0. The maximum absolute atomic E-state index is 12.2. The van der Waals surface area contributed by atoms with Crippen LogP contribution in [0.2, 0.25) is 0 Å². The van der Waals surface area contributed by atoms with Crippen LogP contribution in [-0.2, 0) is 36.0 Å². The van der Waals surface area contributed by atoms with Gasteiger partial charge in [-0.2, -0.15) is 0 Å². The second-order valence-electron chi connectivity index (χ2n) is 9.22. The number of ether oxygens (including phenoxy) is 3. The highest BCUT2D eigenvalue weighted by atomic mass is 16.7. The third kappa shape index (κ3) is 5.09. The zero-order valence-electron chi connectivity index (χ0n) is 19.6. The van der Waals surface area contributed by atoms with Gasteiger partial charge in [0, 0.05) is 29.1 Å². The largest absolute Gasteiger partial charge is 0.449 e. The van der Waals surface area contributed by atoms with Gasteiger partial charge in [-0.05, 0) is 55.5 Å². The Balaban J connectivity index is 1.64. The van der Waals surface area contributed by atoms with E-state index >= 15 is 0 Å². The molecular formula is C25H31N3O6. The Kier molecular flexibility index (Phi) is 6.92. The maximum Gasteiger partial charge on any atom is 0.411 e. The maximum atomic E-state index is 12.2. The molecule has 1 aromatic heterocycles. The number of amides is 1. The zero-order valence-corrected chi connectivity index (χ0v) is 19.6. The van der Waals surface area contributed by atoms with E-state index in [0.717, 1.165) is 29.4 Å². The van der Waals surface area contributed by atoms with E-state index in [1.165, 1.54) is 0 Å². The van der Waals surface area contributed by atoms with Gasteiger partial charge in [0.15, 0.2) is 0 Å². The summed E-state index contributed by atoms with van der Waals surface area (Å²) in [7, 11) is 0. The van der Waals surface area contributed by atoms with Gasteiger partial charge >= 0.3 is 18.0 Å². The molecule has 1 aromatic carbocycles. The Hall–Kier alpha value is -3.33. The fourth-order valence-electron chi connectivity index (χ4n) is 4.46. The summed E-state index contributed by atoms with van der Waals surface area (Å²) in [6.07, 6.45) is 3.30. The minimum Gasteiger partial charge on any atom is -0.449 e. The van der Waals surface area contributed by atoms with E-state index in [4.69, 9.17) is 14.2 Å². The van der Waals surface area contributed by atoms with Crippen molar-refractivity contribution < 1.29 is 28.6 Å². The second-order valence-corrected chi connectivity index (χ2v) is 9.22. The number of aromatic nitrogens is 1. The van der Waals surface area contributed by atoms with Crippen molar-refractivity contribution in [2.75, 3.05) is 18.5 Å². The van der Waals surface area contributed by atoms with Crippen molar-refractivity contribution in [3.8, 4) is 0 Å². The van der Waals surface area contributed by atoms with Gasteiger partial charge in [-0.25, -0.2) is 4.79 Å². The number of carbonyl (C=O) groups excluding carboxylic acids is 3. The number of rotatable bonds is 8. The van der Waals surface area contributed by atoms with Crippen LogP contribution < -0.4 is 10.6 Å². The van der Waals surface area contributed by atoms with Crippen LogP contribution in [0.3, 0.4) is 0 Å². The van der Waals surface area contributed by atoms with Gasteiger partial charge in [0.05, 0.1) is 6.61 Å². The highest BCUT2D eigenvalue weighted by Crippen LogP contribution is 2.44. The lowest BCUT2D eigenvalue weighted by Crippen LogP contribution is -2.51. The highest BCUT2D eigenvalue weighted by Gasteiger charge is 2.52. The van der Waals surface area contributed by atoms with Crippen LogP contribution in [0, 0.1) is 5.92 Å². The van der Waals surface area contributed by atoms with Crippen molar-refractivity contribution in [1.29, 1.82) is 0 Å². The van der Waals surface area contributed by atoms with Crippen molar-refractivity contribution in [1.82, 2.24) is 10.3 Å². The van der Waals surface area contributed by atoms with E-state index in [0.29, 0.717) is 43.2 Å². The number of hydrogen-bond donors (Lipinski definition) is 3. The van der Waals surface area contributed by atoms with Crippen molar-refractivity contribution >= 4 is 34.6 Å². The SMILES string of the molecule is C=CCCCOC(=O)Nc1ccc2[nH]c3c(c2c1)CC(NCC(C)C)CC31OC(=O)CC(=O)O1. The molecular weight excluding hydrogens is 438 g/mol. The van der Waals surface area contributed by atoms with Gasteiger partial charge < -0.3 is 24.5 Å². The standard InChI is InChI=1S/C25H31N3O6/c1-4-5-6-9-32-24(31)27-16-7-8-20-18(10-16)19-11-17(26-14-15(2)3)13-25(23(19)28-20)33-21(29)12-22(30)34-25/h4,7-8,10,15,17,26,28H,1,5-6,9,11-14H2,2-3H3,(H,27,31). The molecule has 1 spiro atoms. The summed E-state index contributed by atoms with van der Waals surface area (Å²) in [5.41, 5.74) is 2.81. The molecule has 0 saturated carbocycles. The van der Waals surface area contributed by atoms with Gasteiger partial charge in [0.25, 0.3) is 5.79 Å². The lowest BCUT2D eigenvalue weighted by Gasteiger charge is -2.41. The molecule has 3 N–H and O–H groups in total. The first-order valence-corrected chi connectivity index (χ1v) is 11.7. The van der Waals surface area contributed by atoms with Gasteiger partial charge in [-0.1, -0.05) is 19.9 Å². The van der Waals surface area contributed by atoms with Gasteiger partial charge in [0.2, 0.25) is 0 Å². The molecule has 0 radical (unpaired) electrons. The van der Waals surface area contributed by atoms with Crippen LogP contribution in [0.15, 0.2) is 30.9 Å². The number of benzene rings is 1. The molecule has 1 unspecified atom stereocenters. The summed E-state index contributed by atoms with van der Waals surface area (Å²) < 4.78 is 16.6. The zero-order chi connectivity index (χ0) is 24.3. The summed E-state index contributed by atoms with van der Waals surface area (Å²) in [5, 5.41) is 7.12. The molecule has 1 fully saturated rings. The quantitative estimate of drug-likeness (QED) is 0.232. The van der Waals surface area contributed by atoms with Gasteiger partial charge in [-0.3, -0.25) is 14.9 Å². The van der Waals surface area contributed by atoms with Gasteiger partial charge in [0.1, 0.15) is 12.1 Å². The minimum absolute atomic E-state index is 0.0703. The smallest absolute Gasteiger partial charge is 0.411 e. The number of carbonyl (C=O) groups is 3. The molecule has 1 amide bonds. The van der Waals surface area contributed by atoms with Gasteiger partial charge in [-0.15, -0.1) is 6.58 Å². The topological polar surface area (TPSA) is 119 Å². The van der Waals surface area contributed by atoms with Crippen molar-refractivity contribution in [3.63, 3.8) is 0 Å². The summed E-state index contributed by atoms with van der Waals surface area (Å²) in [5.74, 6) is -2.28. The molecule has 2 aliphatic rings. The number of H-pyrrole nitrogens is 1. The van der Waals surface area contributed by atoms with Crippen LogP contribution >= 0.6 is 0 Å². The Bertz CT molecular complexity index is 1090. The number of aromatic amines is 1. The van der Waals surface area contributed by atoms with Crippen LogP contribution in [0.25, 0.3) is 10.9 Å². The molecule has 0 bridgehead atoms. The fourth-order valence-corrected chi connectivity index (χ4v) is 4.46. The molecule has 9 heteroatoms. The highest BCUT2D eigenvalue weighted by molar-refractivity contribution is 5.95. The first-order chi connectivity index (χ1) is 16.3. The fraction of sp³-hybridized carbons (Fsp3) is 0.480. The Labute approximate surface area is 198 Å². The molecule has 34 heavy (non-hydrogen) atoms. The predicted octanol–water partition coefficient (Wildman–Crippen LogP) is 3.89. The number of nitrogens with one attached hydrogen (secondary N) is 3. The van der Waals surface area contributed by atoms with E-state index in [1.807, 2.05) is 12.1 Å². The van der Waals surface area contributed by atoms with E-state index in [2.05, 4.69) is 36.0 Å². The second kappa shape index (κ2) is 9.89. The number of esters is 2. The first-order valence-electron chi connectivity index (χ1n) is 11.7.